The summed E-state index contributed by atoms with van der Waals surface area (Å²) < 4.78 is 0. The Morgan fingerprint density at radius 3 is 2.53 bits per heavy atom. The van der Waals surface area contributed by atoms with Crippen LogP contribution in [0.15, 0.2) is 12.1 Å². The Labute approximate surface area is 118 Å². The van der Waals surface area contributed by atoms with Gasteiger partial charge in [0, 0.05) is 19.1 Å². The molecule has 2 rings (SSSR count). The van der Waals surface area contributed by atoms with Crippen molar-refractivity contribution in [1.29, 1.82) is 0 Å². The van der Waals surface area contributed by atoms with Crippen LogP contribution >= 0.6 is 0 Å². The average Bonchev–Trinajstić information content (AvgIpc) is 2.42. The fourth-order valence-corrected chi connectivity index (χ4v) is 3.05. The first kappa shape index (κ1) is 14.5. The molecule has 0 aromatic heterocycles. The lowest BCUT2D eigenvalue weighted by molar-refractivity contribution is 0.166. The van der Waals surface area contributed by atoms with Crippen LogP contribution in [0.2, 0.25) is 0 Å². The molecule has 1 heterocycles. The van der Waals surface area contributed by atoms with Gasteiger partial charge in [0.25, 0.3) is 0 Å². The van der Waals surface area contributed by atoms with Crippen LogP contribution in [-0.4, -0.2) is 30.6 Å². The van der Waals surface area contributed by atoms with Crippen molar-refractivity contribution in [3.05, 3.63) is 34.4 Å². The first-order valence-corrected chi connectivity index (χ1v) is 7.63. The highest BCUT2D eigenvalue weighted by molar-refractivity contribution is 5.36. The highest BCUT2D eigenvalue weighted by Crippen LogP contribution is 2.19. The standard InChI is InChI=1S/C17H28N2/c1-5-19(17-7-6-8-18-11-17)12-16-10-14(3)13(2)9-15(16)4/h9-10,17-18H,5-8,11-12H2,1-4H3. The molecule has 1 saturated heterocycles. The molecular weight excluding hydrogens is 232 g/mol. The van der Waals surface area contributed by atoms with Gasteiger partial charge in [-0.15, -0.1) is 0 Å². The van der Waals surface area contributed by atoms with Crippen LogP contribution in [0.5, 0.6) is 0 Å². The number of benzene rings is 1. The summed E-state index contributed by atoms with van der Waals surface area (Å²) in [6.07, 6.45) is 2.65. The molecule has 1 aliphatic rings. The van der Waals surface area contributed by atoms with Crippen LogP contribution in [0.1, 0.15) is 42.0 Å². The van der Waals surface area contributed by atoms with E-state index in [1.807, 2.05) is 0 Å². The average molecular weight is 260 g/mol. The molecule has 2 nitrogen and oxygen atoms in total. The number of hydrogen-bond donors (Lipinski definition) is 1. The summed E-state index contributed by atoms with van der Waals surface area (Å²) in [5, 5.41) is 3.53. The maximum Gasteiger partial charge on any atom is 0.0239 e. The normalized spacial score (nSPS) is 19.9. The van der Waals surface area contributed by atoms with Crippen molar-refractivity contribution >= 4 is 0 Å². The van der Waals surface area contributed by atoms with E-state index in [0.717, 1.165) is 19.6 Å². The zero-order valence-electron chi connectivity index (χ0n) is 12.9. The number of rotatable bonds is 4. The number of hydrogen-bond acceptors (Lipinski definition) is 2. The van der Waals surface area contributed by atoms with E-state index in [4.69, 9.17) is 0 Å². The fraction of sp³-hybridized carbons (Fsp3) is 0.647. The van der Waals surface area contributed by atoms with Crippen LogP contribution < -0.4 is 5.32 Å². The number of nitrogens with zero attached hydrogens (tertiary/aromatic N) is 1. The Kier molecular flexibility index (Phi) is 5.00. The summed E-state index contributed by atoms with van der Waals surface area (Å²) in [7, 11) is 0. The van der Waals surface area contributed by atoms with E-state index in [-0.39, 0.29) is 0 Å². The molecule has 0 amide bonds. The molecule has 2 heteroatoms. The number of aryl methyl sites for hydroxylation is 3. The van der Waals surface area contributed by atoms with E-state index < -0.39 is 0 Å². The van der Waals surface area contributed by atoms with Crippen LogP contribution in [0.4, 0.5) is 0 Å². The summed E-state index contributed by atoms with van der Waals surface area (Å²) in [5.41, 5.74) is 5.75. The van der Waals surface area contributed by atoms with Crippen molar-refractivity contribution in [3.8, 4) is 0 Å². The Morgan fingerprint density at radius 1 is 1.16 bits per heavy atom. The van der Waals surface area contributed by atoms with Gasteiger partial charge in [-0.05, 0) is 69.0 Å². The molecule has 0 aliphatic carbocycles. The smallest absolute Gasteiger partial charge is 0.0239 e. The van der Waals surface area contributed by atoms with Gasteiger partial charge < -0.3 is 5.32 Å². The fourth-order valence-electron chi connectivity index (χ4n) is 3.05. The third kappa shape index (κ3) is 3.58. The lowest BCUT2D eigenvalue weighted by Gasteiger charge is -2.34. The van der Waals surface area contributed by atoms with Gasteiger partial charge in [-0.1, -0.05) is 19.1 Å². The largest absolute Gasteiger partial charge is 0.315 e. The van der Waals surface area contributed by atoms with Crippen LogP contribution in [0.25, 0.3) is 0 Å². The minimum Gasteiger partial charge on any atom is -0.315 e. The van der Waals surface area contributed by atoms with Gasteiger partial charge in [0.05, 0.1) is 0 Å². The molecule has 0 saturated carbocycles. The molecule has 0 bridgehead atoms. The zero-order chi connectivity index (χ0) is 13.8. The maximum atomic E-state index is 3.53. The molecule has 1 aromatic carbocycles. The number of likely N-dealkylation sites (N-methyl/N-ethyl adjacent to an activating group) is 1. The minimum atomic E-state index is 0.708. The van der Waals surface area contributed by atoms with Gasteiger partial charge in [-0.3, -0.25) is 4.90 Å². The minimum absolute atomic E-state index is 0.708. The highest BCUT2D eigenvalue weighted by Gasteiger charge is 2.20. The molecule has 1 aliphatic heterocycles. The van der Waals surface area contributed by atoms with E-state index >= 15 is 0 Å². The second kappa shape index (κ2) is 6.53. The molecule has 0 spiro atoms. The Balaban J connectivity index is 2.11. The Hall–Kier alpha value is -0.860. The van der Waals surface area contributed by atoms with E-state index in [1.165, 1.54) is 41.6 Å². The van der Waals surface area contributed by atoms with Gasteiger partial charge in [0.15, 0.2) is 0 Å². The highest BCUT2D eigenvalue weighted by atomic mass is 15.2. The molecule has 1 atom stereocenters. The molecular formula is C17H28N2. The first-order chi connectivity index (χ1) is 9.11. The van der Waals surface area contributed by atoms with Crippen molar-refractivity contribution in [2.75, 3.05) is 19.6 Å². The monoisotopic (exact) mass is 260 g/mol. The first-order valence-electron chi connectivity index (χ1n) is 7.63. The van der Waals surface area contributed by atoms with Crippen molar-refractivity contribution < 1.29 is 0 Å². The third-order valence-corrected chi connectivity index (χ3v) is 4.52. The summed E-state index contributed by atoms with van der Waals surface area (Å²) in [6, 6.07) is 5.42. The quantitative estimate of drug-likeness (QED) is 0.894. The lowest BCUT2D eigenvalue weighted by Crippen LogP contribution is -2.45. The molecule has 19 heavy (non-hydrogen) atoms. The molecule has 1 N–H and O–H groups in total. The molecule has 1 unspecified atom stereocenters. The third-order valence-electron chi connectivity index (χ3n) is 4.52. The van der Waals surface area contributed by atoms with E-state index in [0.29, 0.717) is 6.04 Å². The van der Waals surface area contributed by atoms with Crippen molar-refractivity contribution in [1.82, 2.24) is 10.2 Å². The van der Waals surface area contributed by atoms with Gasteiger partial charge >= 0.3 is 0 Å². The molecule has 0 radical (unpaired) electrons. The van der Waals surface area contributed by atoms with E-state index in [9.17, 15) is 0 Å². The number of nitrogens with one attached hydrogen (secondary N) is 1. The zero-order valence-corrected chi connectivity index (χ0v) is 12.9. The Morgan fingerprint density at radius 2 is 1.89 bits per heavy atom. The van der Waals surface area contributed by atoms with Crippen molar-refractivity contribution in [3.63, 3.8) is 0 Å². The second-order valence-electron chi connectivity index (χ2n) is 5.93. The second-order valence-corrected chi connectivity index (χ2v) is 5.93. The summed E-state index contributed by atoms with van der Waals surface area (Å²) >= 11 is 0. The SMILES string of the molecule is CCN(Cc1cc(C)c(C)cc1C)C1CCCNC1. The van der Waals surface area contributed by atoms with Crippen LogP contribution in [-0.2, 0) is 6.54 Å². The van der Waals surface area contributed by atoms with Gasteiger partial charge in [0.1, 0.15) is 0 Å². The molecule has 106 valence electrons. The van der Waals surface area contributed by atoms with Crippen molar-refractivity contribution in [2.45, 2.75) is 53.1 Å². The summed E-state index contributed by atoms with van der Waals surface area (Å²) in [6.45, 7) is 13.5. The topological polar surface area (TPSA) is 15.3 Å². The van der Waals surface area contributed by atoms with Gasteiger partial charge in [0.2, 0.25) is 0 Å². The van der Waals surface area contributed by atoms with E-state index in [2.05, 4.69) is 50.0 Å². The summed E-state index contributed by atoms with van der Waals surface area (Å²) in [5.74, 6) is 0. The predicted molar refractivity (Wildman–Crippen MR) is 82.6 cm³/mol. The van der Waals surface area contributed by atoms with Gasteiger partial charge in [-0.25, -0.2) is 0 Å². The molecule has 1 aromatic rings. The lowest BCUT2D eigenvalue weighted by atomic mass is 9.99. The predicted octanol–water partition coefficient (Wildman–Crippen LogP) is 3.19. The number of piperidine rings is 1. The van der Waals surface area contributed by atoms with Crippen LogP contribution in [0, 0.1) is 20.8 Å². The maximum absolute atomic E-state index is 3.53. The Bertz CT molecular complexity index is 420. The van der Waals surface area contributed by atoms with Gasteiger partial charge in [-0.2, -0.15) is 0 Å². The van der Waals surface area contributed by atoms with Crippen molar-refractivity contribution in [2.24, 2.45) is 0 Å². The molecule has 1 fully saturated rings. The summed E-state index contributed by atoms with van der Waals surface area (Å²) in [4.78, 5) is 2.63. The van der Waals surface area contributed by atoms with E-state index in [1.54, 1.807) is 0 Å². The van der Waals surface area contributed by atoms with Crippen LogP contribution in [0.3, 0.4) is 0 Å².